The number of amides is 2. The Bertz CT molecular complexity index is 472. The lowest BCUT2D eigenvalue weighted by Gasteiger charge is -2.10. The van der Waals surface area contributed by atoms with Crippen molar-refractivity contribution in [1.29, 1.82) is 0 Å². The molecule has 110 valence electrons. The van der Waals surface area contributed by atoms with E-state index in [9.17, 15) is 9.59 Å². The monoisotopic (exact) mass is 277 g/mol. The molecule has 1 aromatic rings. The molecule has 2 amide bonds. The van der Waals surface area contributed by atoms with Crippen molar-refractivity contribution < 1.29 is 9.59 Å². The number of benzene rings is 1. The molecule has 5 heteroatoms. The maximum Gasteiger partial charge on any atom is 0.251 e. The van der Waals surface area contributed by atoms with Gasteiger partial charge in [-0.15, -0.1) is 0 Å². The van der Waals surface area contributed by atoms with Gasteiger partial charge in [-0.05, 0) is 37.1 Å². The molecule has 5 nitrogen and oxygen atoms in total. The van der Waals surface area contributed by atoms with Crippen LogP contribution in [0.2, 0.25) is 0 Å². The van der Waals surface area contributed by atoms with Crippen LogP contribution < -0.4 is 16.0 Å². The van der Waals surface area contributed by atoms with E-state index >= 15 is 0 Å². The van der Waals surface area contributed by atoms with Crippen LogP contribution in [-0.4, -0.2) is 31.4 Å². The molecule has 0 heterocycles. The number of rotatable bonds is 7. The number of aryl methyl sites for hydroxylation is 1. The zero-order valence-corrected chi connectivity index (χ0v) is 12.4. The summed E-state index contributed by atoms with van der Waals surface area (Å²) >= 11 is 0. The lowest BCUT2D eigenvalue weighted by molar-refractivity contribution is -0.118. The summed E-state index contributed by atoms with van der Waals surface area (Å²) in [5, 5.41) is 8.71. The highest BCUT2D eigenvalue weighted by Gasteiger charge is 2.08. The predicted octanol–water partition coefficient (Wildman–Crippen LogP) is 1.68. The number of carbonyl (C=O) groups excluding carboxylic acids is 2. The quantitative estimate of drug-likeness (QED) is 0.664. The Morgan fingerprint density at radius 3 is 2.40 bits per heavy atom. The van der Waals surface area contributed by atoms with Crippen LogP contribution in [0.5, 0.6) is 0 Å². The van der Waals surface area contributed by atoms with E-state index in [0.29, 0.717) is 18.7 Å². The van der Waals surface area contributed by atoms with Crippen LogP contribution in [-0.2, 0) is 4.79 Å². The molecule has 0 aliphatic rings. The minimum Gasteiger partial charge on any atom is -0.385 e. The molecular weight excluding hydrogens is 254 g/mol. The van der Waals surface area contributed by atoms with Gasteiger partial charge in [-0.25, -0.2) is 0 Å². The van der Waals surface area contributed by atoms with Gasteiger partial charge < -0.3 is 16.0 Å². The summed E-state index contributed by atoms with van der Waals surface area (Å²) in [5.41, 5.74) is 2.62. The molecule has 0 fully saturated rings. The second kappa shape index (κ2) is 8.19. The minimum absolute atomic E-state index is 0.0956. The molecule has 0 unspecified atom stereocenters. The first-order valence-electron chi connectivity index (χ1n) is 6.91. The van der Waals surface area contributed by atoms with Crippen LogP contribution in [0.3, 0.4) is 0 Å². The van der Waals surface area contributed by atoms with E-state index in [-0.39, 0.29) is 11.8 Å². The molecule has 0 atom stereocenters. The standard InChI is InChI=1S/C15H23N3O2/c1-4-7-17-13-5-6-14(11(2)10-13)15(20)18-9-8-16-12(3)19/h5-6,10,17H,4,7-9H2,1-3H3,(H,16,19)(H,18,20). The molecule has 0 spiro atoms. The van der Waals surface area contributed by atoms with Crippen LogP contribution >= 0.6 is 0 Å². The van der Waals surface area contributed by atoms with E-state index in [0.717, 1.165) is 24.2 Å². The summed E-state index contributed by atoms with van der Waals surface area (Å²) in [4.78, 5) is 22.7. The van der Waals surface area contributed by atoms with Crippen molar-refractivity contribution in [2.75, 3.05) is 25.0 Å². The first-order chi connectivity index (χ1) is 9.54. The first kappa shape index (κ1) is 16.0. The average Bonchev–Trinajstić information content (AvgIpc) is 2.41. The topological polar surface area (TPSA) is 70.2 Å². The van der Waals surface area contributed by atoms with E-state index < -0.39 is 0 Å². The van der Waals surface area contributed by atoms with Crippen LogP contribution in [0.25, 0.3) is 0 Å². The molecule has 1 aromatic carbocycles. The Morgan fingerprint density at radius 2 is 1.80 bits per heavy atom. The Hall–Kier alpha value is -2.04. The zero-order valence-electron chi connectivity index (χ0n) is 12.4. The number of anilines is 1. The molecule has 0 aliphatic heterocycles. The molecule has 0 aliphatic carbocycles. The van der Waals surface area contributed by atoms with Crippen molar-refractivity contribution in [3.8, 4) is 0 Å². The van der Waals surface area contributed by atoms with Gasteiger partial charge in [0, 0.05) is 37.8 Å². The Kier molecular flexibility index (Phi) is 6.56. The van der Waals surface area contributed by atoms with Gasteiger partial charge in [0.15, 0.2) is 0 Å². The van der Waals surface area contributed by atoms with Crippen LogP contribution in [0.4, 0.5) is 5.69 Å². The Morgan fingerprint density at radius 1 is 1.10 bits per heavy atom. The lowest BCUT2D eigenvalue weighted by Crippen LogP contribution is -2.33. The third kappa shape index (κ3) is 5.30. The normalized spacial score (nSPS) is 9.95. The maximum absolute atomic E-state index is 12.0. The molecule has 3 N–H and O–H groups in total. The minimum atomic E-state index is -0.116. The summed E-state index contributed by atoms with van der Waals surface area (Å²) in [7, 11) is 0. The number of nitrogens with one attached hydrogen (secondary N) is 3. The van der Waals surface area contributed by atoms with Crippen molar-refractivity contribution in [3.63, 3.8) is 0 Å². The molecule has 0 aromatic heterocycles. The second-order valence-electron chi connectivity index (χ2n) is 4.70. The summed E-state index contributed by atoms with van der Waals surface area (Å²) in [6.07, 6.45) is 1.06. The van der Waals surface area contributed by atoms with Gasteiger partial charge in [-0.2, -0.15) is 0 Å². The summed E-state index contributed by atoms with van der Waals surface area (Å²) in [6, 6.07) is 5.70. The second-order valence-corrected chi connectivity index (χ2v) is 4.70. The largest absolute Gasteiger partial charge is 0.385 e. The Balaban J connectivity index is 2.53. The highest BCUT2D eigenvalue weighted by Crippen LogP contribution is 2.15. The number of hydrogen-bond donors (Lipinski definition) is 3. The molecule has 0 radical (unpaired) electrons. The number of carbonyl (C=O) groups is 2. The third-order valence-electron chi connectivity index (χ3n) is 2.83. The van der Waals surface area contributed by atoms with E-state index in [1.165, 1.54) is 6.92 Å². The summed E-state index contributed by atoms with van der Waals surface area (Å²) in [6.45, 7) is 7.26. The predicted molar refractivity (Wildman–Crippen MR) is 81.0 cm³/mol. The van der Waals surface area contributed by atoms with Gasteiger partial charge in [-0.3, -0.25) is 9.59 Å². The van der Waals surface area contributed by atoms with Crippen LogP contribution in [0.15, 0.2) is 18.2 Å². The van der Waals surface area contributed by atoms with E-state index in [1.807, 2.05) is 25.1 Å². The fraction of sp³-hybridized carbons (Fsp3) is 0.467. The highest BCUT2D eigenvalue weighted by atomic mass is 16.2. The third-order valence-corrected chi connectivity index (χ3v) is 2.83. The van der Waals surface area contributed by atoms with E-state index in [2.05, 4.69) is 22.9 Å². The summed E-state index contributed by atoms with van der Waals surface area (Å²) < 4.78 is 0. The number of hydrogen-bond acceptors (Lipinski definition) is 3. The van der Waals surface area contributed by atoms with Gasteiger partial charge in [-0.1, -0.05) is 6.92 Å². The van der Waals surface area contributed by atoms with Crippen molar-refractivity contribution in [2.24, 2.45) is 0 Å². The van der Waals surface area contributed by atoms with Gasteiger partial charge in [0.05, 0.1) is 0 Å². The average molecular weight is 277 g/mol. The molecule has 0 saturated carbocycles. The maximum atomic E-state index is 12.0. The first-order valence-corrected chi connectivity index (χ1v) is 6.91. The molecule has 1 rings (SSSR count). The zero-order chi connectivity index (χ0) is 15.0. The van der Waals surface area contributed by atoms with Crippen molar-refractivity contribution in [3.05, 3.63) is 29.3 Å². The van der Waals surface area contributed by atoms with E-state index in [4.69, 9.17) is 0 Å². The lowest BCUT2D eigenvalue weighted by atomic mass is 10.1. The van der Waals surface area contributed by atoms with Gasteiger partial charge in [0.1, 0.15) is 0 Å². The van der Waals surface area contributed by atoms with E-state index in [1.54, 1.807) is 0 Å². The molecule has 0 bridgehead atoms. The highest BCUT2D eigenvalue weighted by molar-refractivity contribution is 5.96. The molecule has 0 saturated heterocycles. The van der Waals surface area contributed by atoms with Crippen LogP contribution in [0, 0.1) is 6.92 Å². The molecular formula is C15H23N3O2. The molecule has 20 heavy (non-hydrogen) atoms. The Labute approximate surface area is 120 Å². The van der Waals surface area contributed by atoms with Gasteiger partial charge in [0.25, 0.3) is 5.91 Å². The fourth-order valence-corrected chi connectivity index (χ4v) is 1.81. The van der Waals surface area contributed by atoms with Gasteiger partial charge >= 0.3 is 0 Å². The van der Waals surface area contributed by atoms with Crippen molar-refractivity contribution in [2.45, 2.75) is 27.2 Å². The summed E-state index contributed by atoms with van der Waals surface area (Å²) in [5.74, 6) is -0.211. The van der Waals surface area contributed by atoms with Gasteiger partial charge in [0.2, 0.25) is 5.91 Å². The smallest absolute Gasteiger partial charge is 0.251 e. The van der Waals surface area contributed by atoms with Crippen LogP contribution in [0.1, 0.15) is 36.2 Å². The van der Waals surface area contributed by atoms with Crippen molar-refractivity contribution >= 4 is 17.5 Å². The fourth-order valence-electron chi connectivity index (χ4n) is 1.81. The SMILES string of the molecule is CCCNc1ccc(C(=O)NCCNC(C)=O)c(C)c1. The van der Waals surface area contributed by atoms with Crippen molar-refractivity contribution in [1.82, 2.24) is 10.6 Å².